The minimum atomic E-state index is -1.44. The molecule has 3 aromatic carbocycles. The molecule has 10 heteroatoms. The molecule has 4 rings (SSSR count). The van der Waals surface area contributed by atoms with E-state index in [9.17, 15) is 14.7 Å². The smallest absolute Gasteiger partial charge is 0.505 e. The summed E-state index contributed by atoms with van der Waals surface area (Å²) < 4.78 is 5.99. The van der Waals surface area contributed by atoms with E-state index in [1.807, 2.05) is 0 Å². The highest BCUT2D eigenvalue weighted by Gasteiger charge is 2.14. The fourth-order valence-electron chi connectivity index (χ4n) is 3.20. The highest BCUT2D eigenvalue weighted by atomic mass is 35.5. The summed E-state index contributed by atoms with van der Waals surface area (Å²) in [5, 5.41) is 31.2. The van der Waals surface area contributed by atoms with Crippen molar-refractivity contribution in [2.75, 3.05) is 0 Å². The van der Waals surface area contributed by atoms with E-state index in [1.165, 1.54) is 16.8 Å². The lowest BCUT2D eigenvalue weighted by molar-refractivity contribution is 0.144. The zero-order valence-electron chi connectivity index (χ0n) is 17.2. The number of carbonyl (C=O) groups is 1. The Labute approximate surface area is 192 Å². The number of ether oxygens (including phenoxy) is 1. The Balaban J connectivity index is 1.67. The molecule has 4 aromatic rings. The monoisotopic (exact) mass is 464 g/mol. The Hall–Kier alpha value is -4.37. The first-order chi connectivity index (χ1) is 15.8. The number of azo groups is 1. The van der Waals surface area contributed by atoms with Gasteiger partial charge in [0.1, 0.15) is 11.4 Å². The van der Waals surface area contributed by atoms with Gasteiger partial charge in [-0.2, -0.15) is 0 Å². The summed E-state index contributed by atoms with van der Waals surface area (Å²) in [5.41, 5.74) is 1.81. The molecule has 0 amide bonds. The molecule has 0 atom stereocenters. The first-order valence-electron chi connectivity index (χ1n) is 9.66. The van der Waals surface area contributed by atoms with Gasteiger partial charge >= 0.3 is 6.16 Å². The maximum atomic E-state index is 12.8. The molecule has 9 nitrogen and oxygen atoms in total. The van der Waals surface area contributed by atoms with E-state index in [2.05, 4.69) is 20.1 Å². The average molecular weight is 465 g/mol. The number of para-hydroxylation sites is 1. The molecule has 0 fully saturated rings. The molecule has 166 valence electrons. The molecule has 0 saturated carbocycles. The molecule has 1 aromatic heterocycles. The Morgan fingerprint density at radius 3 is 2.52 bits per heavy atom. The number of phenolic OH excluding ortho intramolecular Hbond substituents is 1. The van der Waals surface area contributed by atoms with Crippen molar-refractivity contribution in [1.29, 1.82) is 0 Å². The summed E-state index contributed by atoms with van der Waals surface area (Å²) >= 11 is 5.91. The second-order valence-electron chi connectivity index (χ2n) is 6.97. The van der Waals surface area contributed by atoms with Crippen molar-refractivity contribution >= 4 is 29.1 Å². The molecule has 0 bridgehead atoms. The Kier molecular flexibility index (Phi) is 5.97. The van der Waals surface area contributed by atoms with Crippen LogP contribution >= 0.6 is 11.6 Å². The highest BCUT2D eigenvalue weighted by Crippen LogP contribution is 2.38. The van der Waals surface area contributed by atoms with Crippen LogP contribution in [-0.2, 0) is 0 Å². The van der Waals surface area contributed by atoms with E-state index in [0.29, 0.717) is 27.5 Å². The number of aromatic amines is 1. The average Bonchev–Trinajstić information content (AvgIpc) is 3.06. The lowest BCUT2D eigenvalue weighted by atomic mass is 10.0. The largest absolute Gasteiger partial charge is 0.511 e. The van der Waals surface area contributed by atoms with Crippen LogP contribution in [0.4, 0.5) is 16.2 Å². The molecule has 1 heterocycles. The summed E-state index contributed by atoms with van der Waals surface area (Å²) in [6.45, 7) is 1.69. The van der Waals surface area contributed by atoms with Crippen LogP contribution in [0.2, 0.25) is 5.02 Å². The van der Waals surface area contributed by atoms with E-state index < -0.39 is 11.7 Å². The van der Waals surface area contributed by atoms with E-state index >= 15 is 0 Å². The first-order valence-corrected chi connectivity index (χ1v) is 10.0. The molecule has 0 aliphatic rings. The fraction of sp³-hybridized carbons (Fsp3) is 0.0435. The molecular weight excluding hydrogens is 448 g/mol. The number of hydrogen-bond donors (Lipinski definition) is 3. The third-order valence-electron chi connectivity index (χ3n) is 4.75. The standard InChI is InChI=1S/C23H17ClN4O5/c1-13-20(22(30)28(27-13)16-10-8-15(24)9-11-16)26-25-19-7-3-6-18(21(19)29)14-4-2-5-17(12-14)33-23(31)32/h2-12,27,29H,1H3,(H,31,32). The van der Waals surface area contributed by atoms with E-state index in [1.54, 1.807) is 61.5 Å². The zero-order chi connectivity index (χ0) is 23.5. The number of aryl methyl sites for hydroxylation is 1. The van der Waals surface area contributed by atoms with Crippen LogP contribution in [0.25, 0.3) is 16.8 Å². The minimum Gasteiger partial charge on any atom is -0.505 e. The summed E-state index contributed by atoms with van der Waals surface area (Å²) in [6.07, 6.45) is -1.44. The summed E-state index contributed by atoms with van der Waals surface area (Å²) in [7, 11) is 0. The van der Waals surface area contributed by atoms with Crippen molar-refractivity contribution in [2.45, 2.75) is 6.92 Å². The third kappa shape index (κ3) is 4.63. The van der Waals surface area contributed by atoms with Crippen molar-refractivity contribution in [1.82, 2.24) is 9.78 Å². The number of rotatable bonds is 5. The van der Waals surface area contributed by atoms with Crippen molar-refractivity contribution in [3.05, 3.63) is 87.8 Å². The quantitative estimate of drug-likeness (QED) is 0.190. The van der Waals surface area contributed by atoms with Gasteiger partial charge < -0.3 is 14.9 Å². The Morgan fingerprint density at radius 2 is 1.79 bits per heavy atom. The second-order valence-corrected chi connectivity index (χ2v) is 7.41. The van der Waals surface area contributed by atoms with Gasteiger partial charge in [-0.15, -0.1) is 10.2 Å². The number of hydrogen-bond acceptors (Lipinski definition) is 6. The van der Waals surface area contributed by atoms with Gasteiger partial charge in [0.2, 0.25) is 0 Å². The Bertz CT molecular complexity index is 1420. The van der Waals surface area contributed by atoms with Crippen LogP contribution in [0.1, 0.15) is 5.69 Å². The number of nitrogens with zero attached hydrogens (tertiary/aromatic N) is 3. The predicted molar refractivity (Wildman–Crippen MR) is 123 cm³/mol. The SMILES string of the molecule is Cc1[nH]n(-c2ccc(Cl)cc2)c(=O)c1N=Nc1cccc(-c2cccc(OC(=O)O)c2)c1O. The molecule has 3 N–H and O–H groups in total. The van der Waals surface area contributed by atoms with Crippen molar-refractivity contribution in [3.63, 3.8) is 0 Å². The molecule has 0 aliphatic heterocycles. The maximum absolute atomic E-state index is 12.8. The zero-order valence-corrected chi connectivity index (χ0v) is 17.9. The van der Waals surface area contributed by atoms with Crippen molar-refractivity contribution in [3.8, 4) is 28.3 Å². The number of nitrogens with one attached hydrogen (secondary N) is 1. The van der Waals surface area contributed by atoms with Gasteiger partial charge in [0.25, 0.3) is 5.56 Å². The van der Waals surface area contributed by atoms with Crippen LogP contribution in [0.15, 0.2) is 81.8 Å². The number of benzene rings is 3. The van der Waals surface area contributed by atoms with Crippen molar-refractivity contribution in [2.24, 2.45) is 10.2 Å². The molecule has 0 unspecified atom stereocenters. The molecule has 0 aliphatic carbocycles. The minimum absolute atomic E-state index is 0.0895. The van der Waals surface area contributed by atoms with Gasteiger partial charge in [0, 0.05) is 10.6 Å². The van der Waals surface area contributed by atoms with E-state index in [-0.39, 0.29) is 22.9 Å². The normalized spacial score (nSPS) is 11.1. The number of carboxylic acid groups (broad SMARTS) is 1. The summed E-state index contributed by atoms with van der Waals surface area (Å²) in [4.78, 5) is 23.6. The third-order valence-corrected chi connectivity index (χ3v) is 5.00. The van der Waals surface area contributed by atoms with Gasteiger partial charge in [-0.3, -0.25) is 9.89 Å². The van der Waals surface area contributed by atoms with Crippen molar-refractivity contribution < 1.29 is 19.7 Å². The van der Waals surface area contributed by atoms with Crippen LogP contribution in [0, 0.1) is 6.92 Å². The van der Waals surface area contributed by atoms with Gasteiger partial charge in [0.05, 0.1) is 11.4 Å². The number of halogens is 1. The summed E-state index contributed by atoms with van der Waals surface area (Å²) in [6, 6.07) is 17.8. The molecule has 0 spiro atoms. The lowest BCUT2D eigenvalue weighted by Crippen LogP contribution is -2.13. The second kappa shape index (κ2) is 9.01. The van der Waals surface area contributed by atoms with Gasteiger partial charge in [0.15, 0.2) is 11.4 Å². The molecule has 33 heavy (non-hydrogen) atoms. The summed E-state index contributed by atoms with van der Waals surface area (Å²) in [5.74, 6) is -0.0722. The molecule has 0 saturated heterocycles. The molecule has 0 radical (unpaired) electrons. The highest BCUT2D eigenvalue weighted by molar-refractivity contribution is 6.30. The number of phenols is 1. The maximum Gasteiger partial charge on any atom is 0.511 e. The van der Waals surface area contributed by atoms with Gasteiger partial charge in [-0.05, 0) is 55.0 Å². The van der Waals surface area contributed by atoms with Gasteiger partial charge in [-0.1, -0.05) is 35.9 Å². The number of H-pyrrole nitrogens is 1. The van der Waals surface area contributed by atoms with Crippen LogP contribution < -0.4 is 10.3 Å². The predicted octanol–water partition coefficient (Wildman–Crippen LogP) is 5.97. The van der Waals surface area contributed by atoms with Crippen LogP contribution in [0.5, 0.6) is 11.5 Å². The first kappa shape index (κ1) is 21.8. The van der Waals surface area contributed by atoms with E-state index in [0.717, 1.165) is 0 Å². The topological polar surface area (TPSA) is 129 Å². The Morgan fingerprint density at radius 1 is 1.06 bits per heavy atom. The number of aromatic nitrogens is 2. The lowest BCUT2D eigenvalue weighted by Gasteiger charge is -2.08. The molecular formula is C23H17ClN4O5. The van der Waals surface area contributed by atoms with Crippen LogP contribution in [-0.4, -0.2) is 26.1 Å². The fourth-order valence-corrected chi connectivity index (χ4v) is 3.33. The van der Waals surface area contributed by atoms with Crippen LogP contribution in [0.3, 0.4) is 0 Å². The number of aromatic hydroxyl groups is 1. The van der Waals surface area contributed by atoms with Gasteiger partial charge in [-0.25, -0.2) is 9.48 Å². The van der Waals surface area contributed by atoms with E-state index in [4.69, 9.17) is 16.7 Å².